The van der Waals surface area contributed by atoms with Crippen LogP contribution in [0.4, 0.5) is 0 Å². The quantitative estimate of drug-likeness (QED) is 0.791. The molecule has 0 bridgehead atoms. The van der Waals surface area contributed by atoms with Crippen LogP contribution in [0.5, 0.6) is 0 Å². The summed E-state index contributed by atoms with van der Waals surface area (Å²) < 4.78 is 26.1. The van der Waals surface area contributed by atoms with Crippen molar-refractivity contribution >= 4 is 27.2 Å². The second kappa shape index (κ2) is 4.90. The molecule has 0 aromatic heterocycles. The van der Waals surface area contributed by atoms with E-state index in [9.17, 15) is 8.42 Å². The summed E-state index contributed by atoms with van der Waals surface area (Å²) in [7, 11) is -3.48. The van der Waals surface area contributed by atoms with Gasteiger partial charge in [-0.1, -0.05) is 24.4 Å². The van der Waals surface area contributed by atoms with Crippen molar-refractivity contribution in [2.24, 2.45) is 5.73 Å². The Morgan fingerprint density at radius 3 is 2.56 bits per heavy atom. The Morgan fingerprint density at radius 1 is 1.44 bits per heavy atom. The SMILES string of the molecule is CC(C)NS(=O)(=O)c1cccc(C(N)=S)c1. The average Bonchev–Trinajstić information content (AvgIpc) is 2.16. The summed E-state index contributed by atoms with van der Waals surface area (Å²) >= 11 is 4.79. The van der Waals surface area contributed by atoms with Crippen LogP contribution >= 0.6 is 12.2 Å². The molecule has 1 aromatic carbocycles. The van der Waals surface area contributed by atoms with Crippen molar-refractivity contribution in [1.29, 1.82) is 0 Å². The molecule has 4 nitrogen and oxygen atoms in total. The van der Waals surface area contributed by atoms with Gasteiger partial charge in [0.05, 0.1) is 4.90 Å². The average molecular weight is 258 g/mol. The number of benzene rings is 1. The second-order valence-electron chi connectivity index (χ2n) is 3.67. The Labute approximate surface area is 101 Å². The van der Waals surface area contributed by atoms with Gasteiger partial charge in [0.1, 0.15) is 4.99 Å². The van der Waals surface area contributed by atoms with Crippen LogP contribution < -0.4 is 10.5 Å². The fraction of sp³-hybridized carbons (Fsp3) is 0.300. The molecule has 0 atom stereocenters. The van der Waals surface area contributed by atoms with Crippen molar-refractivity contribution in [3.05, 3.63) is 29.8 Å². The van der Waals surface area contributed by atoms with Crippen LogP contribution in [0, 0.1) is 0 Å². The summed E-state index contributed by atoms with van der Waals surface area (Å²) in [5.74, 6) is 0. The van der Waals surface area contributed by atoms with E-state index in [0.29, 0.717) is 5.56 Å². The van der Waals surface area contributed by atoms with Gasteiger partial charge in [-0.15, -0.1) is 0 Å². The molecule has 0 radical (unpaired) electrons. The van der Waals surface area contributed by atoms with Crippen LogP contribution in [-0.2, 0) is 10.0 Å². The van der Waals surface area contributed by atoms with Crippen molar-refractivity contribution in [3.63, 3.8) is 0 Å². The normalized spacial score (nSPS) is 11.7. The molecule has 88 valence electrons. The van der Waals surface area contributed by atoms with Gasteiger partial charge < -0.3 is 5.73 Å². The van der Waals surface area contributed by atoms with E-state index < -0.39 is 10.0 Å². The fourth-order valence-corrected chi connectivity index (χ4v) is 2.62. The number of nitrogens with one attached hydrogen (secondary N) is 1. The van der Waals surface area contributed by atoms with Crippen molar-refractivity contribution in [3.8, 4) is 0 Å². The van der Waals surface area contributed by atoms with Crippen LogP contribution in [0.2, 0.25) is 0 Å². The minimum atomic E-state index is -3.48. The Morgan fingerprint density at radius 2 is 2.06 bits per heavy atom. The van der Waals surface area contributed by atoms with E-state index in [1.54, 1.807) is 26.0 Å². The van der Waals surface area contributed by atoms with Crippen LogP contribution in [0.15, 0.2) is 29.2 Å². The first-order valence-corrected chi connectivity index (χ1v) is 6.64. The summed E-state index contributed by atoms with van der Waals surface area (Å²) in [6, 6.07) is 6.11. The maximum absolute atomic E-state index is 11.8. The standard InChI is InChI=1S/C10H14N2O2S2/c1-7(2)12-16(13,14)9-5-3-4-8(6-9)10(11)15/h3-7,12H,1-2H3,(H2,11,15). The van der Waals surface area contributed by atoms with E-state index in [1.165, 1.54) is 12.1 Å². The Hall–Kier alpha value is -0.980. The molecule has 0 unspecified atom stereocenters. The Bertz CT molecular complexity index is 495. The lowest BCUT2D eigenvalue weighted by molar-refractivity contribution is 0.570. The molecular formula is C10H14N2O2S2. The molecule has 0 aliphatic heterocycles. The van der Waals surface area contributed by atoms with Crippen molar-refractivity contribution in [1.82, 2.24) is 4.72 Å². The third-order valence-electron chi connectivity index (χ3n) is 1.82. The van der Waals surface area contributed by atoms with Crippen molar-refractivity contribution in [2.45, 2.75) is 24.8 Å². The van der Waals surface area contributed by atoms with Gasteiger partial charge >= 0.3 is 0 Å². The summed E-state index contributed by atoms with van der Waals surface area (Å²) in [5.41, 5.74) is 5.99. The smallest absolute Gasteiger partial charge is 0.240 e. The van der Waals surface area contributed by atoms with E-state index in [2.05, 4.69) is 4.72 Å². The van der Waals surface area contributed by atoms with Gasteiger partial charge in [0.15, 0.2) is 0 Å². The van der Waals surface area contributed by atoms with Crippen LogP contribution in [0.3, 0.4) is 0 Å². The summed E-state index contributed by atoms with van der Waals surface area (Å²) in [6.07, 6.45) is 0. The lowest BCUT2D eigenvalue weighted by Gasteiger charge is -2.10. The highest BCUT2D eigenvalue weighted by atomic mass is 32.2. The summed E-state index contributed by atoms with van der Waals surface area (Å²) in [4.78, 5) is 0.355. The predicted octanol–water partition coefficient (Wildman–Crippen LogP) is 1.01. The summed E-state index contributed by atoms with van der Waals surface area (Å²) in [5, 5.41) is 0. The molecule has 1 aromatic rings. The highest BCUT2D eigenvalue weighted by Gasteiger charge is 2.15. The van der Waals surface area contributed by atoms with Gasteiger partial charge in [0, 0.05) is 11.6 Å². The molecule has 16 heavy (non-hydrogen) atoms. The van der Waals surface area contributed by atoms with Crippen LogP contribution in [0.1, 0.15) is 19.4 Å². The predicted molar refractivity (Wildman–Crippen MR) is 67.8 cm³/mol. The van der Waals surface area contributed by atoms with E-state index in [4.69, 9.17) is 18.0 Å². The van der Waals surface area contributed by atoms with Crippen LogP contribution in [-0.4, -0.2) is 19.4 Å². The highest BCUT2D eigenvalue weighted by Crippen LogP contribution is 2.11. The Kier molecular flexibility index (Phi) is 4.01. The second-order valence-corrected chi connectivity index (χ2v) is 5.82. The van der Waals surface area contributed by atoms with Crippen molar-refractivity contribution < 1.29 is 8.42 Å². The maximum atomic E-state index is 11.8. The lowest BCUT2D eigenvalue weighted by atomic mass is 10.2. The number of nitrogens with two attached hydrogens (primary N) is 1. The number of hydrogen-bond donors (Lipinski definition) is 2. The number of thiocarbonyl (C=S) groups is 1. The van der Waals surface area contributed by atoms with E-state index in [-0.39, 0.29) is 15.9 Å². The van der Waals surface area contributed by atoms with Gasteiger partial charge in [-0.05, 0) is 26.0 Å². The molecule has 0 amide bonds. The molecule has 0 aliphatic carbocycles. The first kappa shape index (κ1) is 13.1. The van der Waals surface area contributed by atoms with Crippen molar-refractivity contribution in [2.75, 3.05) is 0 Å². The van der Waals surface area contributed by atoms with E-state index in [0.717, 1.165) is 0 Å². The molecule has 0 saturated carbocycles. The monoisotopic (exact) mass is 258 g/mol. The third-order valence-corrected chi connectivity index (χ3v) is 3.71. The molecule has 1 rings (SSSR count). The Balaban J connectivity index is 3.14. The number of sulfonamides is 1. The minimum Gasteiger partial charge on any atom is -0.389 e. The highest BCUT2D eigenvalue weighted by molar-refractivity contribution is 7.89. The van der Waals surface area contributed by atoms with Gasteiger partial charge in [-0.3, -0.25) is 0 Å². The lowest BCUT2D eigenvalue weighted by Crippen LogP contribution is -2.30. The number of rotatable bonds is 4. The zero-order valence-electron chi connectivity index (χ0n) is 9.10. The largest absolute Gasteiger partial charge is 0.389 e. The summed E-state index contributed by atoms with van der Waals surface area (Å²) in [6.45, 7) is 3.52. The number of hydrogen-bond acceptors (Lipinski definition) is 3. The van der Waals surface area contributed by atoms with Crippen LogP contribution in [0.25, 0.3) is 0 Å². The van der Waals surface area contributed by atoms with Gasteiger partial charge in [0.25, 0.3) is 0 Å². The fourth-order valence-electron chi connectivity index (χ4n) is 1.19. The molecule has 0 saturated heterocycles. The molecule has 0 heterocycles. The molecule has 3 N–H and O–H groups in total. The first-order valence-electron chi connectivity index (χ1n) is 4.75. The van der Waals surface area contributed by atoms with E-state index in [1.807, 2.05) is 0 Å². The zero-order valence-corrected chi connectivity index (χ0v) is 10.7. The van der Waals surface area contributed by atoms with Gasteiger partial charge in [-0.25, -0.2) is 13.1 Å². The molecule has 0 fully saturated rings. The molecular weight excluding hydrogens is 244 g/mol. The topological polar surface area (TPSA) is 72.2 Å². The third kappa shape index (κ3) is 3.26. The zero-order chi connectivity index (χ0) is 12.3. The van der Waals surface area contributed by atoms with Gasteiger partial charge in [-0.2, -0.15) is 0 Å². The molecule has 6 heteroatoms. The minimum absolute atomic E-state index is 0.154. The van der Waals surface area contributed by atoms with E-state index >= 15 is 0 Å². The van der Waals surface area contributed by atoms with Gasteiger partial charge in [0.2, 0.25) is 10.0 Å². The maximum Gasteiger partial charge on any atom is 0.240 e. The molecule has 0 aliphatic rings. The first-order chi connectivity index (χ1) is 7.33. The molecule has 0 spiro atoms.